The zero-order valence-corrected chi connectivity index (χ0v) is 22.4. The summed E-state index contributed by atoms with van der Waals surface area (Å²) in [6.07, 6.45) is 2.82. The van der Waals surface area contributed by atoms with E-state index >= 15 is 0 Å². The largest absolute Gasteiger partial charge is 0.411 e. The summed E-state index contributed by atoms with van der Waals surface area (Å²) in [5.74, 6) is -4.50. The number of anilines is 1. The Kier molecular flexibility index (Phi) is 7.25. The quantitative estimate of drug-likeness (QED) is 0.216. The van der Waals surface area contributed by atoms with E-state index in [4.69, 9.17) is 9.41 Å². The Bertz CT molecular complexity index is 1440. The maximum atomic E-state index is 13.5. The molecule has 0 saturated carbocycles. The highest BCUT2D eigenvalue weighted by Crippen LogP contribution is 2.37. The second-order valence-electron chi connectivity index (χ2n) is 10.5. The van der Waals surface area contributed by atoms with Gasteiger partial charge in [-0.2, -0.15) is 0 Å². The number of amides is 1. The first kappa shape index (κ1) is 26.6. The minimum Gasteiger partial charge on any atom is -0.411 e. The molecule has 1 amide bonds. The third kappa shape index (κ3) is 6.08. The number of carbonyl (C=O) groups excluding carboxylic acids is 1. The molecule has 2 heterocycles. The van der Waals surface area contributed by atoms with E-state index < -0.39 is 31.7 Å². The van der Waals surface area contributed by atoms with Gasteiger partial charge in [0.15, 0.2) is 25.8 Å². The number of pyridine rings is 1. The van der Waals surface area contributed by atoms with E-state index in [2.05, 4.69) is 44.2 Å². The van der Waals surface area contributed by atoms with Gasteiger partial charge in [0, 0.05) is 23.8 Å². The van der Waals surface area contributed by atoms with E-state index in [1.54, 1.807) is 6.07 Å². The first-order valence-corrected chi connectivity index (χ1v) is 14.7. The smallest absolute Gasteiger partial charge is 0.275 e. The number of fused-ring (bicyclic) bond motifs is 1. The molecule has 6 nitrogen and oxygen atoms in total. The van der Waals surface area contributed by atoms with Gasteiger partial charge in [-0.15, -0.1) is 0 Å². The van der Waals surface area contributed by atoms with Crippen molar-refractivity contribution < 1.29 is 22.4 Å². The van der Waals surface area contributed by atoms with E-state index in [1.165, 1.54) is 17.1 Å². The van der Waals surface area contributed by atoms with Crippen LogP contribution in [0.2, 0.25) is 18.1 Å². The number of nitrogens with one attached hydrogen (secondary N) is 1. The van der Waals surface area contributed by atoms with Crippen LogP contribution in [0.5, 0.6) is 0 Å². The summed E-state index contributed by atoms with van der Waals surface area (Å²) in [6, 6.07) is 11.1. The fourth-order valence-corrected chi connectivity index (χ4v) is 4.41. The summed E-state index contributed by atoms with van der Waals surface area (Å²) in [5.41, 5.74) is 2.54. The average molecular weight is 527 g/mol. The van der Waals surface area contributed by atoms with Crippen LogP contribution in [-0.4, -0.2) is 28.8 Å². The molecule has 37 heavy (non-hydrogen) atoms. The number of rotatable bonds is 7. The van der Waals surface area contributed by atoms with Crippen LogP contribution in [0.15, 0.2) is 55.0 Å². The lowest BCUT2D eigenvalue weighted by atomic mass is 10.2. The highest BCUT2D eigenvalue weighted by molar-refractivity contribution is 6.74. The van der Waals surface area contributed by atoms with Crippen LogP contribution in [-0.2, 0) is 17.6 Å². The molecule has 10 heteroatoms. The fourth-order valence-electron chi connectivity index (χ4n) is 3.47. The zero-order chi connectivity index (χ0) is 27.0. The molecule has 0 fully saturated rings. The Morgan fingerprint density at radius 2 is 1.76 bits per heavy atom. The highest BCUT2D eigenvalue weighted by Gasteiger charge is 2.37. The Balaban J connectivity index is 1.42. The van der Waals surface area contributed by atoms with Gasteiger partial charge >= 0.3 is 0 Å². The molecule has 0 aliphatic heterocycles. The number of hydrogen-bond acceptors (Lipinski definition) is 4. The highest BCUT2D eigenvalue weighted by atomic mass is 28.4. The molecule has 0 bridgehead atoms. The van der Waals surface area contributed by atoms with Crippen LogP contribution in [0.25, 0.3) is 10.9 Å². The molecule has 1 N–H and O–H groups in total. The van der Waals surface area contributed by atoms with Gasteiger partial charge in [0.05, 0.1) is 24.1 Å². The number of imidazole rings is 1. The van der Waals surface area contributed by atoms with Crippen LogP contribution >= 0.6 is 0 Å². The van der Waals surface area contributed by atoms with Gasteiger partial charge in [-0.3, -0.25) is 9.78 Å². The first-order valence-electron chi connectivity index (χ1n) is 11.8. The van der Waals surface area contributed by atoms with Crippen LogP contribution in [0.4, 0.5) is 18.9 Å². The fraction of sp³-hybridized carbons (Fsp3) is 0.296. The predicted molar refractivity (Wildman–Crippen MR) is 139 cm³/mol. The third-order valence-electron chi connectivity index (χ3n) is 6.67. The van der Waals surface area contributed by atoms with E-state index in [-0.39, 0.29) is 22.8 Å². The minimum absolute atomic E-state index is 0.0253. The molecular weight excluding hydrogens is 497 g/mol. The minimum atomic E-state index is -1.89. The Morgan fingerprint density at radius 1 is 1.05 bits per heavy atom. The monoisotopic (exact) mass is 526 g/mol. The van der Waals surface area contributed by atoms with Crippen molar-refractivity contribution in [3.63, 3.8) is 0 Å². The molecule has 4 rings (SSSR count). The van der Waals surface area contributed by atoms with Crippen molar-refractivity contribution in [2.75, 3.05) is 5.32 Å². The molecule has 0 atom stereocenters. The van der Waals surface area contributed by atoms with Crippen molar-refractivity contribution in [1.82, 2.24) is 14.5 Å². The van der Waals surface area contributed by atoms with E-state index in [9.17, 15) is 18.0 Å². The molecule has 0 unspecified atom stereocenters. The number of benzene rings is 2. The average Bonchev–Trinajstić information content (AvgIpc) is 3.29. The zero-order valence-electron chi connectivity index (χ0n) is 21.4. The van der Waals surface area contributed by atoms with E-state index in [0.717, 1.165) is 28.7 Å². The molecule has 0 radical (unpaired) electrons. The summed E-state index contributed by atoms with van der Waals surface area (Å²) in [6.45, 7) is 11.5. The van der Waals surface area contributed by atoms with Crippen molar-refractivity contribution >= 4 is 30.8 Å². The van der Waals surface area contributed by atoms with Crippen LogP contribution < -0.4 is 5.32 Å². The van der Waals surface area contributed by atoms with Gasteiger partial charge < -0.3 is 14.3 Å². The summed E-state index contributed by atoms with van der Waals surface area (Å²) in [5, 5.41) is 3.77. The van der Waals surface area contributed by atoms with Crippen LogP contribution in [0.1, 0.15) is 42.5 Å². The summed E-state index contributed by atoms with van der Waals surface area (Å²) >= 11 is 0. The standard InChI is InChI=1S/C27H29F3N4O2Si/c1-27(2,3)37(4,5)36-15-20-7-6-18-12-19(8-9-23(18)32-20)33-26(35)24-14-34(16-31-24)13-17-10-21(28)25(30)22(29)11-17/h6-12,14,16H,13,15H2,1-5H3,(H,33,35). The molecule has 194 valence electrons. The van der Waals surface area contributed by atoms with E-state index in [0.29, 0.717) is 12.3 Å². The van der Waals surface area contributed by atoms with Crippen molar-refractivity contribution in [2.45, 2.75) is 52.1 Å². The predicted octanol–water partition coefficient (Wildman–Crippen LogP) is 6.67. The lowest BCUT2D eigenvalue weighted by molar-refractivity contribution is 0.102. The Morgan fingerprint density at radius 3 is 2.43 bits per heavy atom. The van der Waals surface area contributed by atoms with Gasteiger partial charge in [-0.25, -0.2) is 18.2 Å². The molecule has 0 aliphatic carbocycles. The van der Waals surface area contributed by atoms with Crippen LogP contribution in [0, 0.1) is 17.5 Å². The SMILES string of the molecule is CC(C)(C)[Si](C)(C)OCc1ccc2cc(NC(=O)c3cn(Cc4cc(F)c(F)c(F)c4)cn3)ccc2n1. The molecule has 0 saturated heterocycles. The second-order valence-corrected chi connectivity index (χ2v) is 15.3. The normalized spacial score (nSPS) is 12.2. The second kappa shape index (κ2) is 10.1. The van der Waals surface area contributed by atoms with Crippen molar-refractivity contribution in [1.29, 1.82) is 0 Å². The number of nitrogens with zero attached hydrogens (tertiary/aromatic N) is 3. The van der Waals surface area contributed by atoms with Gasteiger partial charge in [0.25, 0.3) is 5.91 Å². The maximum Gasteiger partial charge on any atom is 0.275 e. The van der Waals surface area contributed by atoms with Gasteiger partial charge in [0.1, 0.15) is 5.69 Å². The first-order chi connectivity index (χ1) is 17.3. The van der Waals surface area contributed by atoms with Crippen molar-refractivity contribution in [3.05, 3.63) is 89.4 Å². The molecule has 2 aromatic carbocycles. The summed E-state index contributed by atoms with van der Waals surface area (Å²) in [4.78, 5) is 21.5. The maximum absolute atomic E-state index is 13.5. The third-order valence-corrected chi connectivity index (χ3v) is 11.1. The number of halogens is 3. The molecular formula is C27H29F3N4O2Si. The number of aromatic nitrogens is 3. The van der Waals surface area contributed by atoms with E-state index in [1.807, 2.05) is 24.3 Å². The molecule has 4 aromatic rings. The number of carbonyl (C=O) groups is 1. The number of hydrogen-bond donors (Lipinski definition) is 1. The van der Waals surface area contributed by atoms with Crippen molar-refractivity contribution in [2.24, 2.45) is 0 Å². The molecule has 2 aromatic heterocycles. The van der Waals surface area contributed by atoms with Gasteiger partial charge in [0.2, 0.25) is 0 Å². The van der Waals surface area contributed by atoms with Gasteiger partial charge in [-0.05, 0) is 60.1 Å². The van der Waals surface area contributed by atoms with Gasteiger partial charge in [-0.1, -0.05) is 26.8 Å². The van der Waals surface area contributed by atoms with Crippen molar-refractivity contribution in [3.8, 4) is 0 Å². The van der Waals surface area contributed by atoms with Crippen LogP contribution in [0.3, 0.4) is 0 Å². The molecule has 0 spiro atoms. The molecule has 0 aliphatic rings. The Labute approximate surface area is 214 Å². The summed E-state index contributed by atoms with van der Waals surface area (Å²) < 4.78 is 47.9. The lowest BCUT2D eigenvalue weighted by Crippen LogP contribution is -2.40. The summed E-state index contributed by atoms with van der Waals surface area (Å²) in [7, 11) is -1.89. The Hall–Kier alpha value is -3.50. The topological polar surface area (TPSA) is 69.0 Å². The lowest BCUT2D eigenvalue weighted by Gasteiger charge is -2.36.